The van der Waals surface area contributed by atoms with Crippen LogP contribution in [0.2, 0.25) is 0 Å². The predicted molar refractivity (Wildman–Crippen MR) is 120 cm³/mol. The number of aromatic nitrogens is 4. The van der Waals surface area contributed by atoms with E-state index in [-0.39, 0.29) is 17.4 Å². The number of anilines is 1. The van der Waals surface area contributed by atoms with E-state index in [1.165, 1.54) is 18.1 Å². The van der Waals surface area contributed by atoms with Crippen molar-refractivity contribution in [2.24, 2.45) is 0 Å². The van der Waals surface area contributed by atoms with Crippen molar-refractivity contribution in [1.29, 1.82) is 0 Å². The monoisotopic (exact) mass is 417 g/mol. The van der Waals surface area contributed by atoms with Crippen molar-refractivity contribution in [3.05, 3.63) is 73.9 Å². The Labute approximate surface area is 178 Å². The summed E-state index contributed by atoms with van der Waals surface area (Å²) in [5, 5.41) is 2.82. The van der Waals surface area contributed by atoms with Crippen LogP contribution in [0.25, 0.3) is 22.6 Å². The molecule has 31 heavy (non-hydrogen) atoms. The van der Waals surface area contributed by atoms with Crippen LogP contribution in [-0.4, -0.2) is 25.4 Å². The van der Waals surface area contributed by atoms with Crippen molar-refractivity contribution in [1.82, 2.24) is 19.5 Å². The number of hydrogen-bond acceptors (Lipinski definition) is 5. The van der Waals surface area contributed by atoms with E-state index in [2.05, 4.69) is 44.5 Å². The molecule has 2 aliphatic heterocycles. The molecule has 0 aromatic heterocycles. The number of nitrogens with zero attached hydrogens (tertiary/aromatic N) is 3. The molecule has 0 spiro atoms. The van der Waals surface area contributed by atoms with Crippen molar-refractivity contribution >= 4 is 22.6 Å². The molecule has 158 valence electrons. The van der Waals surface area contributed by atoms with Crippen LogP contribution in [0.1, 0.15) is 30.0 Å². The Morgan fingerprint density at radius 3 is 2.55 bits per heavy atom. The molecule has 4 rings (SSSR count). The highest BCUT2D eigenvalue weighted by molar-refractivity contribution is 5.93. The van der Waals surface area contributed by atoms with Gasteiger partial charge in [-0.25, -0.2) is 9.78 Å². The maximum atomic E-state index is 12.4. The van der Waals surface area contributed by atoms with Gasteiger partial charge in [-0.15, -0.1) is 0 Å². The van der Waals surface area contributed by atoms with Gasteiger partial charge in [0.2, 0.25) is 5.91 Å². The Morgan fingerprint density at radius 1 is 1.10 bits per heavy atom. The minimum absolute atomic E-state index is 0.120. The van der Waals surface area contributed by atoms with E-state index in [1.807, 2.05) is 30.5 Å². The molecular formula is C23H23N5O3. The molecule has 0 unspecified atom stereocenters. The van der Waals surface area contributed by atoms with E-state index in [0.29, 0.717) is 23.3 Å². The zero-order valence-electron chi connectivity index (χ0n) is 17.7. The number of H-pyrrole nitrogens is 1. The highest BCUT2D eigenvalue weighted by Crippen LogP contribution is 2.27. The van der Waals surface area contributed by atoms with Crippen LogP contribution in [0.15, 0.2) is 46.0 Å². The standard InChI is InChI=1S/C23H23N5O3/c1-13-6-8-16(9-7-13)5-4-10-28-19-12-17(24-15(3)29)14(2)11-18(19)25-20-21(28)26-23(31)27-22(20)30/h6-9,11-12H,4-5,10H2,1-3H3,(H,24,29)(H,27,30,31). The van der Waals surface area contributed by atoms with Crippen molar-refractivity contribution < 1.29 is 4.79 Å². The first-order chi connectivity index (χ1) is 14.8. The van der Waals surface area contributed by atoms with Crippen LogP contribution in [0.3, 0.4) is 0 Å². The lowest BCUT2D eigenvalue weighted by Gasteiger charge is -2.18. The van der Waals surface area contributed by atoms with Gasteiger partial charge in [-0.3, -0.25) is 14.6 Å². The van der Waals surface area contributed by atoms with Crippen molar-refractivity contribution in [2.75, 3.05) is 5.32 Å². The lowest BCUT2D eigenvalue weighted by molar-refractivity contribution is -0.114. The smallest absolute Gasteiger partial charge is 0.326 e. The van der Waals surface area contributed by atoms with Gasteiger partial charge in [-0.2, -0.15) is 4.98 Å². The molecule has 2 aliphatic rings. The number of benzene rings is 2. The SMILES string of the molecule is CC(=O)Nc1cc2c(cc1C)nc1c(=O)[nH]c(=O)nc-1n2CCCc1ccc(C)cc1. The number of carbonyl (C=O) groups excluding carboxylic acids is 1. The highest BCUT2D eigenvalue weighted by atomic mass is 16.2. The molecule has 1 amide bonds. The Morgan fingerprint density at radius 2 is 1.84 bits per heavy atom. The van der Waals surface area contributed by atoms with Gasteiger partial charge in [0.25, 0.3) is 5.56 Å². The summed E-state index contributed by atoms with van der Waals surface area (Å²) in [7, 11) is 0. The summed E-state index contributed by atoms with van der Waals surface area (Å²) < 4.78 is 1.84. The molecule has 0 saturated carbocycles. The topological polar surface area (TPSA) is 110 Å². The first kappa shape index (κ1) is 20.5. The summed E-state index contributed by atoms with van der Waals surface area (Å²) in [6.07, 6.45) is 1.60. The molecular weight excluding hydrogens is 394 g/mol. The third-order valence-corrected chi connectivity index (χ3v) is 5.23. The van der Waals surface area contributed by atoms with Gasteiger partial charge < -0.3 is 9.88 Å². The molecule has 2 aromatic rings. The van der Waals surface area contributed by atoms with E-state index in [0.717, 1.165) is 18.4 Å². The Bertz CT molecular complexity index is 1370. The fourth-order valence-corrected chi connectivity index (χ4v) is 3.69. The first-order valence-corrected chi connectivity index (χ1v) is 10.1. The number of aryl methyl sites for hydroxylation is 4. The van der Waals surface area contributed by atoms with Crippen LogP contribution in [0.4, 0.5) is 5.69 Å². The lowest BCUT2D eigenvalue weighted by atomic mass is 10.1. The summed E-state index contributed by atoms with van der Waals surface area (Å²) >= 11 is 0. The van der Waals surface area contributed by atoms with Gasteiger partial charge in [-0.05, 0) is 49.9 Å². The number of fused-ring (bicyclic) bond motifs is 2. The quantitative estimate of drug-likeness (QED) is 0.485. The fourth-order valence-electron chi connectivity index (χ4n) is 3.69. The Hall–Kier alpha value is -3.81. The molecule has 0 fully saturated rings. The third-order valence-electron chi connectivity index (χ3n) is 5.23. The van der Waals surface area contributed by atoms with Crippen molar-refractivity contribution in [2.45, 2.75) is 40.2 Å². The average Bonchev–Trinajstić information content (AvgIpc) is 2.70. The number of hydrogen-bond donors (Lipinski definition) is 2. The van der Waals surface area contributed by atoms with Crippen LogP contribution in [-0.2, 0) is 17.8 Å². The average molecular weight is 417 g/mol. The number of amides is 1. The summed E-state index contributed by atoms with van der Waals surface area (Å²) in [6.45, 7) is 5.89. The zero-order valence-corrected chi connectivity index (χ0v) is 17.7. The Balaban J connectivity index is 1.83. The number of carbonyl (C=O) groups is 1. The van der Waals surface area contributed by atoms with E-state index in [9.17, 15) is 14.4 Å². The molecule has 0 saturated heterocycles. The number of rotatable bonds is 5. The minimum atomic E-state index is -0.708. The second-order valence-electron chi connectivity index (χ2n) is 7.73. The molecule has 0 atom stereocenters. The van der Waals surface area contributed by atoms with Crippen LogP contribution in [0, 0.1) is 13.8 Å². The number of nitrogens with one attached hydrogen (secondary N) is 2. The largest absolute Gasteiger partial charge is 0.349 e. The Kier molecular flexibility index (Phi) is 5.37. The molecule has 2 heterocycles. The van der Waals surface area contributed by atoms with Crippen molar-refractivity contribution in [3.63, 3.8) is 0 Å². The summed E-state index contributed by atoms with van der Waals surface area (Å²) in [6, 6.07) is 12.0. The van der Waals surface area contributed by atoms with Gasteiger partial charge >= 0.3 is 5.69 Å². The molecule has 0 radical (unpaired) electrons. The molecule has 8 heteroatoms. The first-order valence-electron chi connectivity index (χ1n) is 10.1. The maximum absolute atomic E-state index is 12.4. The van der Waals surface area contributed by atoms with Gasteiger partial charge in [-0.1, -0.05) is 29.8 Å². The highest BCUT2D eigenvalue weighted by Gasteiger charge is 2.19. The third kappa shape index (κ3) is 4.23. The molecule has 2 N–H and O–H groups in total. The molecule has 0 bridgehead atoms. The predicted octanol–water partition coefficient (Wildman–Crippen LogP) is 2.79. The van der Waals surface area contributed by atoms with E-state index >= 15 is 0 Å². The second-order valence-corrected chi connectivity index (χ2v) is 7.73. The normalized spacial score (nSPS) is 11.2. The van der Waals surface area contributed by atoms with Crippen LogP contribution < -0.4 is 16.6 Å². The van der Waals surface area contributed by atoms with Gasteiger partial charge in [0, 0.05) is 19.2 Å². The van der Waals surface area contributed by atoms with E-state index in [1.54, 1.807) is 0 Å². The van der Waals surface area contributed by atoms with Crippen molar-refractivity contribution in [3.8, 4) is 11.5 Å². The zero-order chi connectivity index (χ0) is 22.1. The minimum Gasteiger partial charge on any atom is -0.326 e. The summed E-state index contributed by atoms with van der Waals surface area (Å²) in [4.78, 5) is 46.6. The van der Waals surface area contributed by atoms with Crippen LogP contribution >= 0.6 is 0 Å². The second kappa shape index (κ2) is 8.14. The maximum Gasteiger partial charge on any atom is 0.349 e. The molecule has 2 aromatic carbocycles. The summed E-state index contributed by atoms with van der Waals surface area (Å²) in [5.41, 5.74) is 4.03. The van der Waals surface area contributed by atoms with Gasteiger partial charge in [0.1, 0.15) is 0 Å². The van der Waals surface area contributed by atoms with Gasteiger partial charge in [0.15, 0.2) is 11.5 Å². The molecule has 0 aliphatic carbocycles. The van der Waals surface area contributed by atoms with Gasteiger partial charge in [0.05, 0.1) is 11.0 Å². The van der Waals surface area contributed by atoms with E-state index < -0.39 is 11.2 Å². The van der Waals surface area contributed by atoms with Crippen LogP contribution in [0.5, 0.6) is 0 Å². The molecule has 8 nitrogen and oxygen atoms in total. The summed E-state index contributed by atoms with van der Waals surface area (Å²) in [5.74, 6) is 0.0568. The number of aromatic amines is 1. The van der Waals surface area contributed by atoms with E-state index in [4.69, 9.17) is 0 Å². The lowest BCUT2D eigenvalue weighted by Crippen LogP contribution is -2.29. The fraction of sp³-hybridized carbons (Fsp3) is 0.261.